The van der Waals surface area contributed by atoms with E-state index in [0.717, 1.165) is 5.56 Å². The van der Waals surface area contributed by atoms with Crippen molar-refractivity contribution in [3.05, 3.63) is 41.1 Å². The standard InChI is InChI=1S/C13H21NO2Si/c1-13(2,3)17(4,5)16-14(15)11-12-9-7-6-8-10-12/h6-11H,1-5H3/b14-11+. The van der Waals surface area contributed by atoms with Crippen molar-refractivity contribution >= 4 is 14.5 Å². The zero-order valence-electron chi connectivity index (χ0n) is 11.2. The molecule has 0 atom stereocenters. The maximum absolute atomic E-state index is 11.7. The Labute approximate surface area is 104 Å². The maximum atomic E-state index is 11.7. The molecule has 0 aliphatic rings. The van der Waals surface area contributed by atoms with Crippen LogP contribution in [0.3, 0.4) is 0 Å². The highest BCUT2D eigenvalue weighted by Gasteiger charge is 2.36. The molecule has 4 heteroatoms. The summed E-state index contributed by atoms with van der Waals surface area (Å²) in [7, 11) is -2.04. The zero-order chi connectivity index (χ0) is 13.1. The second-order valence-corrected chi connectivity index (χ2v) is 10.4. The number of rotatable bonds is 3. The van der Waals surface area contributed by atoms with Crippen molar-refractivity contribution in [1.82, 2.24) is 0 Å². The van der Waals surface area contributed by atoms with E-state index in [2.05, 4.69) is 33.9 Å². The van der Waals surface area contributed by atoms with Gasteiger partial charge in [-0.2, -0.15) is 0 Å². The Balaban J connectivity index is 2.80. The molecule has 0 unspecified atom stereocenters. The molecule has 0 saturated carbocycles. The van der Waals surface area contributed by atoms with Gasteiger partial charge in [0.05, 0.1) is 0 Å². The van der Waals surface area contributed by atoms with Gasteiger partial charge in [-0.05, 0) is 17.2 Å². The molecule has 1 rings (SSSR count). The van der Waals surface area contributed by atoms with Crippen LogP contribution >= 0.6 is 0 Å². The predicted octanol–water partition coefficient (Wildman–Crippen LogP) is 3.55. The Morgan fingerprint density at radius 3 is 2.18 bits per heavy atom. The summed E-state index contributed by atoms with van der Waals surface area (Å²) in [5, 5.41) is 11.8. The number of hydrogen-bond donors (Lipinski definition) is 0. The molecule has 17 heavy (non-hydrogen) atoms. The Kier molecular flexibility index (Phi) is 3.98. The van der Waals surface area contributed by atoms with Crippen molar-refractivity contribution in [2.75, 3.05) is 0 Å². The highest BCUT2D eigenvalue weighted by molar-refractivity contribution is 6.73. The summed E-state index contributed by atoms with van der Waals surface area (Å²) in [6, 6.07) is 9.46. The van der Waals surface area contributed by atoms with Gasteiger partial charge in [0.1, 0.15) is 0 Å². The quantitative estimate of drug-likeness (QED) is 0.356. The monoisotopic (exact) mass is 251 g/mol. The fourth-order valence-corrected chi connectivity index (χ4v) is 1.83. The lowest BCUT2D eigenvalue weighted by molar-refractivity contribution is -0.701. The maximum Gasteiger partial charge on any atom is 0.239 e. The topological polar surface area (TPSA) is 35.3 Å². The van der Waals surface area contributed by atoms with Crippen molar-refractivity contribution in [3.63, 3.8) is 0 Å². The minimum Gasteiger partial charge on any atom is -0.442 e. The van der Waals surface area contributed by atoms with Crippen molar-refractivity contribution in [3.8, 4) is 0 Å². The Hall–Kier alpha value is -1.29. The van der Waals surface area contributed by atoms with E-state index in [4.69, 9.17) is 4.53 Å². The first kappa shape index (κ1) is 13.8. The van der Waals surface area contributed by atoms with E-state index < -0.39 is 8.32 Å². The molecule has 94 valence electrons. The van der Waals surface area contributed by atoms with Crippen LogP contribution in [0.25, 0.3) is 0 Å². The van der Waals surface area contributed by atoms with Gasteiger partial charge >= 0.3 is 0 Å². The fraction of sp³-hybridized carbons (Fsp3) is 0.462. The summed E-state index contributed by atoms with van der Waals surface area (Å²) in [6.07, 6.45) is 1.47. The number of benzene rings is 1. The van der Waals surface area contributed by atoms with E-state index >= 15 is 0 Å². The summed E-state index contributed by atoms with van der Waals surface area (Å²) < 4.78 is 5.57. The smallest absolute Gasteiger partial charge is 0.239 e. The third-order valence-corrected chi connectivity index (χ3v) is 7.43. The van der Waals surface area contributed by atoms with E-state index in [1.165, 1.54) is 6.21 Å². The first-order valence-corrected chi connectivity index (χ1v) is 8.69. The molecule has 0 spiro atoms. The minimum atomic E-state index is -2.04. The minimum absolute atomic E-state index is 0.0280. The molecule has 0 bridgehead atoms. The van der Waals surface area contributed by atoms with E-state index in [9.17, 15) is 5.21 Å². The van der Waals surface area contributed by atoms with Crippen molar-refractivity contribution in [2.45, 2.75) is 38.9 Å². The average Bonchev–Trinajstić information content (AvgIpc) is 2.16. The highest BCUT2D eigenvalue weighted by atomic mass is 28.4. The molecule has 0 aliphatic heterocycles. The molecule has 1 aromatic rings. The van der Waals surface area contributed by atoms with Crippen molar-refractivity contribution < 1.29 is 9.43 Å². The molecule has 0 N–H and O–H groups in total. The zero-order valence-corrected chi connectivity index (χ0v) is 12.2. The average molecular weight is 251 g/mol. The molecule has 0 aliphatic carbocycles. The summed E-state index contributed by atoms with van der Waals surface area (Å²) in [5.41, 5.74) is 0.848. The van der Waals surface area contributed by atoms with Crippen molar-refractivity contribution in [2.24, 2.45) is 0 Å². The lowest BCUT2D eigenvalue weighted by Gasteiger charge is -2.37. The molecular weight excluding hydrogens is 230 g/mol. The Bertz CT molecular complexity index is 394. The molecule has 0 fully saturated rings. The lowest BCUT2D eigenvalue weighted by Crippen LogP contribution is -2.43. The normalized spacial score (nSPS) is 13.6. The molecule has 3 nitrogen and oxygen atoms in total. The SMILES string of the molecule is CC(C)(C)[Si](C)(C)O/[N+]([O-])=C/c1ccccc1. The van der Waals surface area contributed by atoms with Gasteiger partial charge in [-0.1, -0.05) is 52.1 Å². The van der Waals surface area contributed by atoms with Gasteiger partial charge < -0.3 is 4.53 Å². The van der Waals surface area contributed by atoms with Gasteiger partial charge in [-0.15, -0.1) is 0 Å². The van der Waals surface area contributed by atoms with Crippen LogP contribution in [0.1, 0.15) is 26.3 Å². The van der Waals surface area contributed by atoms with Crippen LogP contribution in [-0.2, 0) is 4.53 Å². The fourth-order valence-electron chi connectivity index (χ4n) is 1.05. The number of hydrogen-bond acceptors (Lipinski definition) is 2. The highest BCUT2D eigenvalue weighted by Crippen LogP contribution is 2.36. The van der Waals surface area contributed by atoms with Crippen LogP contribution < -0.4 is 0 Å². The van der Waals surface area contributed by atoms with Crippen LogP contribution in [0.2, 0.25) is 18.1 Å². The summed E-state index contributed by atoms with van der Waals surface area (Å²) in [4.78, 5) is 0.604. The molecule has 1 aromatic carbocycles. The van der Waals surface area contributed by atoms with Gasteiger partial charge in [0.2, 0.25) is 6.21 Å². The van der Waals surface area contributed by atoms with Gasteiger partial charge in [0, 0.05) is 10.5 Å². The first-order valence-electron chi connectivity index (χ1n) is 5.78. The van der Waals surface area contributed by atoms with Gasteiger partial charge in [0.25, 0.3) is 0 Å². The molecule has 0 radical (unpaired) electrons. The van der Waals surface area contributed by atoms with E-state index in [0.29, 0.717) is 4.90 Å². The van der Waals surface area contributed by atoms with E-state index in [1.54, 1.807) is 0 Å². The van der Waals surface area contributed by atoms with Crippen LogP contribution in [0.4, 0.5) is 0 Å². The summed E-state index contributed by atoms with van der Waals surface area (Å²) >= 11 is 0. The van der Waals surface area contributed by atoms with Crippen LogP contribution in [0.5, 0.6) is 0 Å². The number of nitrogens with zero attached hydrogens (tertiary/aromatic N) is 1. The van der Waals surface area contributed by atoms with E-state index in [-0.39, 0.29) is 5.04 Å². The second-order valence-electron chi connectivity index (χ2n) is 5.68. The van der Waals surface area contributed by atoms with Gasteiger partial charge in [-0.3, -0.25) is 5.21 Å². The molecule has 0 heterocycles. The first-order chi connectivity index (χ1) is 7.72. The second kappa shape index (κ2) is 4.92. The largest absolute Gasteiger partial charge is 0.442 e. The van der Waals surface area contributed by atoms with E-state index in [1.807, 2.05) is 30.3 Å². The molecular formula is C13H21NO2Si. The molecule has 0 aromatic heterocycles. The lowest BCUT2D eigenvalue weighted by atomic mass is 10.2. The Morgan fingerprint density at radius 1 is 1.18 bits per heavy atom. The summed E-state index contributed by atoms with van der Waals surface area (Å²) in [5.74, 6) is 0. The van der Waals surface area contributed by atoms with Crippen LogP contribution in [0, 0.1) is 5.21 Å². The predicted molar refractivity (Wildman–Crippen MR) is 73.5 cm³/mol. The van der Waals surface area contributed by atoms with Gasteiger partial charge in [0.15, 0.2) is 8.32 Å². The molecule has 0 amide bonds. The third kappa shape index (κ3) is 3.89. The third-order valence-electron chi connectivity index (χ3n) is 3.18. The molecule has 0 saturated heterocycles. The van der Waals surface area contributed by atoms with Crippen LogP contribution in [0.15, 0.2) is 30.3 Å². The van der Waals surface area contributed by atoms with Crippen LogP contribution in [-0.4, -0.2) is 19.4 Å². The van der Waals surface area contributed by atoms with Gasteiger partial charge in [-0.25, -0.2) is 0 Å². The van der Waals surface area contributed by atoms with Crippen molar-refractivity contribution in [1.29, 1.82) is 0 Å². The summed E-state index contributed by atoms with van der Waals surface area (Å²) in [6.45, 7) is 10.4. The Morgan fingerprint density at radius 2 is 1.71 bits per heavy atom.